The van der Waals surface area contributed by atoms with Crippen LogP contribution in [0.3, 0.4) is 0 Å². The second-order valence-electron chi connectivity index (χ2n) is 4.37. The number of benzene rings is 1. The van der Waals surface area contributed by atoms with Crippen molar-refractivity contribution in [2.45, 2.75) is 13.3 Å². The zero-order valence-corrected chi connectivity index (χ0v) is 12.8. The second-order valence-corrected chi connectivity index (χ2v) is 5.23. The Hall–Kier alpha value is -2.14. The fourth-order valence-electron chi connectivity index (χ4n) is 1.79. The first-order valence-corrected chi connectivity index (χ1v) is 7.66. The van der Waals surface area contributed by atoms with E-state index >= 15 is 0 Å². The second kappa shape index (κ2) is 7.59. The summed E-state index contributed by atoms with van der Waals surface area (Å²) in [7, 11) is 0. The molecule has 0 fully saturated rings. The molecule has 1 aromatic carbocycles. The molecule has 1 aromatic heterocycles. The zero-order valence-electron chi connectivity index (χ0n) is 12.0. The molecule has 2 rings (SSSR count). The highest BCUT2D eigenvalue weighted by molar-refractivity contribution is 7.13. The zero-order chi connectivity index (χ0) is 15.1. The number of aromatic nitrogens is 1. The van der Waals surface area contributed by atoms with Gasteiger partial charge in [0.15, 0.2) is 0 Å². The average molecular weight is 302 g/mol. The average Bonchev–Trinajstić information content (AvgIpc) is 2.94. The van der Waals surface area contributed by atoms with E-state index in [0.29, 0.717) is 19.6 Å². The minimum absolute atomic E-state index is 0.0431. The molecule has 4 nitrogen and oxygen atoms in total. The van der Waals surface area contributed by atoms with Crippen LogP contribution in [0.2, 0.25) is 0 Å². The van der Waals surface area contributed by atoms with Crippen LogP contribution in [0.4, 0.5) is 0 Å². The van der Waals surface area contributed by atoms with E-state index in [1.807, 2.05) is 36.6 Å². The van der Waals surface area contributed by atoms with Gasteiger partial charge in [-0.1, -0.05) is 6.08 Å². The topological polar surface area (TPSA) is 51.2 Å². The van der Waals surface area contributed by atoms with Crippen LogP contribution in [0.15, 0.2) is 42.3 Å². The lowest BCUT2D eigenvalue weighted by molar-refractivity contribution is -0.120. The van der Waals surface area contributed by atoms with E-state index in [0.717, 1.165) is 22.0 Å². The van der Waals surface area contributed by atoms with Crippen molar-refractivity contribution in [3.8, 4) is 16.3 Å². The first-order valence-electron chi connectivity index (χ1n) is 6.78. The summed E-state index contributed by atoms with van der Waals surface area (Å²) in [6.07, 6.45) is 1.95. The lowest BCUT2D eigenvalue weighted by Gasteiger charge is -2.03. The maximum absolute atomic E-state index is 11.6. The van der Waals surface area contributed by atoms with E-state index in [1.165, 1.54) is 11.3 Å². The van der Waals surface area contributed by atoms with E-state index < -0.39 is 0 Å². The van der Waals surface area contributed by atoms with Crippen molar-refractivity contribution < 1.29 is 9.53 Å². The van der Waals surface area contributed by atoms with Crippen molar-refractivity contribution in [1.29, 1.82) is 0 Å². The Kier molecular flexibility index (Phi) is 5.51. The predicted octanol–water partition coefficient (Wildman–Crippen LogP) is 3.05. The van der Waals surface area contributed by atoms with Gasteiger partial charge in [-0.2, -0.15) is 0 Å². The van der Waals surface area contributed by atoms with Crippen molar-refractivity contribution in [3.63, 3.8) is 0 Å². The quantitative estimate of drug-likeness (QED) is 0.800. The largest absolute Gasteiger partial charge is 0.494 e. The molecule has 0 spiro atoms. The minimum atomic E-state index is -0.0431. The van der Waals surface area contributed by atoms with Gasteiger partial charge in [-0.3, -0.25) is 4.79 Å². The number of hydrogen-bond donors (Lipinski definition) is 1. The summed E-state index contributed by atoms with van der Waals surface area (Å²) in [6, 6.07) is 7.81. The molecule has 1 N–H and O–H groups in total. The van der Waals surface area contributed by atoms with Gasteiger partial charge in [-0.25, -0.2) is 4.98 Å². The number of hydrogen-bond acceptors (Lipinski definition) is 4. The van der Waals surface area contributed by atoms with Crippen molar-refractivity contribution in [2.24, 2.45) is 0 Å². The van der Waals surface area contributed by atoms with Gasteiger partial charge in [0, 0.05) is 17.5 Å². The van der Waals surface area contributed by atoms with Crippen LogP contribution in [0.1, 0.15) is 12.6 Å². The highest BCUT2D eigenvalue weighted by atomic mass is 32.1. The third-order valence-corrected chi connectivity index (χ3v) is 3.69. The Bertz CT molecular complexity index is 605. The molecule has 0 saturated heterocycles. The number of amides is 1. The normalized spacial score (nSPS) is 10.1. The summed E-state index contributed by atoms with van der Waals surface area (Å²) >= 11 is 1.54. The summed E-state index contributed by atoms with van der Waals surface area (Å²) in [5.74, 6) is 0.806. The Balaban J connectivity index is 2.01. The molecule has 0 aliphatic rings. The Morgan fingerprint density at radius 3 is 2.86 bits per heavy atom. The lowest BCUT2D eigenvalue weighted by atomic mass is 10.2. The molecule has 5 heteroatoms. The number of rotatable bonds is 7. The minimum Gasteiger partial charge on any atom is -0.494 e. The number of ether oxygens (including phenoxy) is 1. The van der Waals surface area contributed by atoms with Crippen molar-refractivity contribution >= 4 is 17.2 Å². The fraction of sp³-hybridized carbons (Fsp3) is 0.250. The lowest BCUT2D eigenvalue weighted by Crippen LogP contribution is -2.25. The maximum Gasteiger partial charge on any atom is 0.226 e. The Morgan fingerprint density at radius 1 is 1.43 bits per heavy atom. The molecule has 0 saturated carbocycles. The predicted molar refractivity (Wildman–Crippen MR) is 85.6 cm³/mol. The molecule has 0 bridgehead atoms. The Morgan fingerprint density at radius 2 is 2.19 bits per heavy atom. The van der Waals surface area contributed by atoms with Crippen molar-refractivity contribution in [3.05, 3.63) is 48.0 Å². The number of thiazole rings is 1. The number of carbonyl (C=O) groups excluding carboxylic acids is 1. The molecular weight excluding hydrogens is 284 g/mol. The van der Waals surface area contributed by atoms with Crippen molar-refractivity contribution in [2.75, 3.05) is 13.2 Å². The molecule has 0 aliphatic heterocycles. The van der Waals surface area contributed by atoms with E-state index in [-0.39, 0.29) is 5.91 Å². The molecule has 110 valence electrons. The Labute approximate surface area is 128 Å². The SMILES string of the molecule is C=CCNC(=O)Cc1csc(-c2ccc(OCC)cc2)n1. The van der Waals surface area contributed by atoms with Crippen LogP contribution in [-0.4, -0.2) is 24.0 Å². The van der Waals surface area contributed by atoms with Crippen LogP contribution in [0.25, 0.3) is 10.6 Å². The van der Waals surface area contributed by atoms with Crippen LogP contribution in [0.5, 0.6) is 5.75 Å². The van der Waals surface area contributed by atoms with Crippen molar-refractivity contribution in [1.82, 2.24) is 10.3 Å². The van der Waals surface area contributed by atoms with Gasteiger partial charge in [-0.05, 0) is 31.2 Å². The summed E-state index contributed by atoms with van der Waals surface area (Å²) in [4.78, 5) is 16.1. The molecule has 0 unspecified atom stereocenters. The molecule has 0 atom stereocenters. The number of nitrogens with one attached hydrogen (secondary N) is 1. The fourth-order valence-corrected chi connectivity index (χ4v) is 2.62. The van der Waals surface area contributed by atoms with Gasteiger partial charge >= 0.3 is 0 Å². The smallest absolute Gasteiger partial charge is 0.226 e. The molecular formula is C16H18N2O2S. The summed E-state index contributed by atoms with van der Waals surface area (Å²) in [5.41, 5.74) is 1.81. The van der Waals surface area contributed by atoms with Crippen LogP contribution >= 0.6 is 11.3 Å². The molecule has 1 amide bonds. The highest BCUT2D eigenvalue weighted by Gasteiger charge is 2.08. The van der Waals surface area contributed by atoms with Crippen LogP contribution in [0, 0.1) is 0 Å². The summed E-state index contributed by atoms with van der Waals surface area (Å²) in [5, 5.41) is 5.57. The molecule has 0 aliphatic carbocycles. The van der Waals surface area contributed by atoms with Crippen LogP contribution < -0.4 is 10.1 Å². The molecule has 2 aromatic rings. The maximum atomic E-state index is 11.6. The van der Waals surface area contributed by atoms with Gasteiger partial charge in [-0.15, -0.1) is 17.9 Å². The van der Waals surface area contributed by atoms with Gasteiger partial charge in [0.2, 0.25) is 5.91 Å². The van der Waals surface area contributed by atoms with Gasteiger partial charge < -0.3 is 10.1 Å². The number of carbonyl (C=O) groups is 1. The van der Waals surface area contributed by atoms with E-state index in [9.17, 15) is 4.79 Å². The third kappa shape index (κ3) is 4.43. The van der Waals surface area contributed by atoms with Gasteiger partial charge in [0.25, 0.3) is 0 Å². The monoisotopic (exact) mass is 302 g/mol. The van der Waals surface area contributed by atoms with Gasteiger partial charge in [0.05, 0.1) is 18.7 Å². The standard InChI is InChI=1S/C16H18N2O2S/c1-3-9-17-15(19)10-13-11-21-16(18-13)12-5-7-14(8-6-12)20-4-2/h3,5-8,11H,1,4,9-10H2,2H3,(H,17,19). The third-order valence-electron chi connectivity index (χ3n) is 2.75. The van der Waals surface area contributed by atoms with Gasteiger partial charge in [0.1, 0.15) is 10.8 Å². The van der Waals surface area contributed by atoms with E-state index in [1.54, 1.807) is 6.08 Å². The number of nitrogens with zero attached hydrogens (tertiary/aromatic N) is 1. The van der Waals surface area contributed by atoms with E-state index in [2.05, 4.69) is 16.9 Å². The summed E-state index contributed by atoms with van der Waals surface area (Å²) in [6.45, 7) is 6.66. The first-order chi connectivity index (χ1) is 10.2. The summed E-state index contributed by atoms with van der Waals surface area (Å²) < 4.78 is 5.41. The molecule has 1 heterocycles. The van der Waals surface area contributed by atoms with Crippen LogP contribution in [-0.2, 0) is 11.2 Å². The molecule has 0 radical (unpaired) electrons. The highest BCUT2D eigenvalue weighted by Crippen LogP contribution is 2.25. The first kappa shape index (κ1) is 15.3. The molecule has 21 heavy (non-hydrogen) atoms. The van der Waals surface area contributed by atoms with E-state index in [4.69, 9.17) is 4.74 Å².